The van der Waals surface area contributed by atoms with Gasteiger partial charge in [0.25, 0.3) is 0 Å². The second kappa shape index (κ2) is 7.82. The molecule has 1 aromatic rings. The Kier molecular flexibility index (Phi) is 6.30. The molecule has 0 saturated carbocycles. The number of ether oxygens (including phenoxy) is 1. The number of nitrogens with one attached hydrogen (secondary N) is 1. The van der Waals surface area contributed by atoms with E-state index in [2.05, 4.69) is 19.2 Å². The van der Waals surface area contributed by atoms with Gasteiger partial charge in [0.1, 0.15) is 5.75 Å². The van der Waals surface area contributed by atoms with Crippen molar-refractivity contribution in [3.05, 3.63) is 18.2 Å². The fraction of sp³-hybridized carbons (Fsp3) is 0.571. The Morgan fingerprint density at radius 1 is 1.18 bits per heavy atom. The number of para-hydroxylation sites is 1. The summed E-state index contributed by atoms with van der Waals surface area (Å²) in [6.45, 7) is 5.97. The Morgan fingerprint density at radius 3 is 2.71 bits per heavy atom. The minimum absolute atomic E-state index is 0.712. The van der Waals surface area contributed by atoms with Crippen LogP contribution >= 0.6 is 0 Å². The Bertz CT molecular complexity index is 326. The first-order chi connectivity index (χ1) is 8.29. The van der Waals surface area contributed by atoms with E-state index in [1.807, 2.05) is 18.2 Å². The van der Waals surface area contributed by atoms with Crippen molar-refractivity contribution < 1.29 is 4.74 Å². The third-order valence-electron chi connectivity index (χ3n) is 2.62. The first-order valence-electron chi connectivity index (χ1n) is 6.54. The summed E-state index contributed by atoms with van der Waals surface area (Å²) in [7, 11) is 0. The van der Waals surface area contributed by atoms with E-state index in [0.29, 0.717) is 6.61 Å². The third kappa shape index (κ3) is 4.55. The SMILES string of the molecule is CCCCCNc1cccc(OCCC)c1N. The van der Waals surface area contributed by atoms with Gasteiger partial charge < -0.3 is 15.8 Å². The van der Waals surface area contributed by atoms with Crippen molar-refractivity contribution in [1.82, 2.24) is 0 Å². The molecule has 1 aromatic carbocycles. The van der Waals surface area contributed by atoms with E-state index < -0.39 is 0 Å². The Hall–Kier alpha value is -1.38. The van der Waals surface area contributed by atoms with Gasteiger partial charge in [-0.3, -0.25) is 0 Å². The lowest BCUT2D eigenvalue weighted by Gasteiger charge is -2.13. The Balaban J connectivity index is 2.53. The number of unbranched alkanes of at least 4 members (excludes halogenated alkanes) is 2. The molecule has 3 heteroatoms. The number of nitrogen functional groups attached to an aromatic ring is 1. The summed E-state index contributed by atoms with van der Waals surface area (Å²) in [6, 6.07) is 5.89. The van der Waals surface area contributed by atoms with Gasteiger partial charge in [-0.05, 0) is 25.0 Å². The maximum atomic E-state index is 6.05. The molecule has 0 aliphatic heterocycles. The van der Waals surface area contributed by atoms with Gasteiger partial charge in [0.15, 0.2) is 0 Å². The quantitative estimate of drug-likeness (QED) is 0.535. The second-order valence-electron chi connectivity index (χ2n) is 4.20. The minimum atomic E-state index is 0.712. The van der Waals surface area contributed by atoms with Crippen LogP contribution in [0.5, 0.6) is 5.75 Å². The van der Waals surface area contributed by atoms with Crippen molar-refractivity contribution in [3.8, 4) is 5.75 Å². The Labute approximate surface area is 104 Å². The van der Waals surface area contributed by atoms with E-state index in [1.54, 1.807) is 0 Å². The molecule has 0 spiro atoms. The van der Waals surface area contributed by atoms with Crippen molar-refractivity contribution in [2.24, 2.45) is 0 Å². The van der Waals surface area contributed by atoms with E-state index in [0.717, 1.165) is 30.1 Å². The molecular formula is C14H24N2O. The number of anilines is 2. The van der Waals surface area contributed by atoms with Crippen LogP contribution in [0.4, 0.5) is 11.4 Å². The topological polar surface area (TPSA) is 47.3 Å². The third-order valence-corrected chi connectivity index (χ3v) is 2.62. The zero-order chi connectivity index (χ0) is 12.5. The Morgan fingerprint density at radius 2 is 2.00 bits per heavy atom. The van der Waals surface area contributed by atoms with Crippen LogP contribution in [0.2, 0.25) is 0 Å². The molecule has 0 saturated heterocycles. The fourth-order valence-electron chi connectivity index (χ4n) is 1.63. The normalized spacial score (nSPS) is 10.2. The number of nitrogens with two attached hydrogens (primary N) is 1. The predicted octanol–water partition coefficient (Wildman–Crippen LogP) is 3.66. The van der Waals surface area contributed by atoms with E-state index in [4.69, 9.17) is 10.5 Å². The highest BCUT2D eigenvalue weighted by atomic mass is 16.5. The molecule has 0 fully saturated rings. The van der Waals surface area contributed by atoms with Crippen LogP contribution in [-0.2, 0) is 0 Å². The summed E-state index contributed by atoms with van der Waals surface area (Å²) in [4.78, 5) is 0. The molecule has 3 nitrogen and oxygen atoms in total. The molecule has 96 valence electrons. The van der Waals surface area contributed by atoms with Crippen molar-refractivity contribution in [3.63, 3.8) is 0 Å². The molecule has 0 aromatic heterocycles. The summed E-state index contributed by atoms with van der Waals surface area (Å²) >= 11 is 0. The van der Waals surface area contributed by atoms with Crippen molar-refractivity contribution in [1.29, 1.82) is 0 Å². The molecule has 1 rings (SSSR count). The molecule has 0 bridgehead atoms. The zero-order valence-electron chi connectivity index (χ0n) is 11.0. The summed E-state index contributed by atoms with van der Waals surface area (Å²) in [5.41, 5.74) is 7.75. The average Bonchev–Trinajstić information content (AvgIpc) is 2.35. The monoisotopic (exact) mass is 236 g/mol. The first kappa shape index (κ1) is 13.7. The van der Waals surface area contributed by atoms with Gasteiger partial charge in [-0.25, -0.2) is 0 Å². The summed E-state index contributed by atoms with van der Waals surface area (Å²) in [6.07, 6.45) is 4.65. The van der Waals surface area contributed by atoms with E-state index >= 15 is 0 Å². The van der Waals surface area contributed by atoms with Crippen LogP contribution in [0.15, 0.2) is 18.2 Å². The van der Waals surface area contributed by atoms with Crippen molar-refractivity contribution in [2.45, 2.75) is 39.5 Å². The smallest absolute Gasteiger partial charge is 0.144 e. The van der Waals surface area contributed by atoms with Crippen molar-refractivity contribution in [2.75, 3.05) is 24.2 Å². The molecule has 0 unspecified atom stereocenters. The predicted molar refractivity (Wildman–Crippen MR) is 74.7 cm³/mol. The van der Waals surface area contributed by atoms with Crippen molar-refractivity contribution >= 4 is 11.4 Å². The maximum absolute atomic E-state index is 6.05. The average molecular weight is 236 g/mol. The van der Waals surface area contributed by atoms with Crippen LogP contribution in [-0.4, -0.2) is 13.2 Å². The number of hydrogen-bond donors (Lipinski definition) is 2. The number of rotatable bonds is 8. The van der Waals surface area contributed by atoms with Gasteiger partial charge in [0.05, 0.1) is 18.0 Å². The van der Waals surface area contributed by atoms with Crippen LogP contribution in [0.3, 0.4) is 0 Å². The lowest BCUT2D eigenvalue weighted by molar-refractivity contribution is 0.319. The van der Waals surface area contributed by atoms with Crippen LogP contribution in [0.1, 0.15) is 39.5 Å². The number of benzene rings is 1. The van der Waals surface area contributed by atoms with Gasteiger partial charge in [-0.1, -0.05) is 32.8 Å². The number of hydrogen-bond acceptors (Lipinski definition) is 3. The van der Waals surface area contributed by atoms with Gasteiger partial charge >= 0.3 is 0 Å². The highest BCUT2D eigenvalue weighted by Crippen LogP contribution is 2.29. The lowest BCUT2D eigenvalue weighted by atomic mass is 10.2. The highest BCUT2D eigenvalue weighted by Gasteiger charge is 2.04. The van der Waals surface area contributed by atoms with Crippen LogP contribution < -0.4 is 15.8 Å². The van der Waals surface area contributed by atoms with Crippen LogP contribution in [0.25, 0.3) is 0 Å². The molecule has 17 heavy (non-hydrogen) atoms. The lowest BCUT2D eigenvalue weighted by Crippen LogP contribution is -2.06. The maximum Gasteiger partial charge on any atom is 0.144 e. The largest absolute Gasteiger partial charge is 0.491 e. The molecule has 0 amide bonds. The van der Waals surface area contributed by atoms with Gasteiger partial charge in [0, 0.05) is 6.54 Å². The second-order valence-corrected chi connectivity index (χ2v) is 4.20. The van der Waals surface area contributed by atoms with E-state index in [9.17, 15) is 0 Å². The van der Waals surface area contributed by atoms with E-state index in [1.165, 1.54) is 19.3 Å². The highest BCUT2D eigenvalue weighted by molar-refractivity contribution is 5.72. The first-order valence-corrected chi connectivity index (χ1v) is 6.54. The fourth-order valence-corrected chi connectivity index (χ4v) is 1.63. The molecule has 0 atom stereocenters. The standard InChI is InChI=1S/C14H24N2O/c1-3-5-6-10-16-12-8-7-9-13(14(12)15)17-11-4-2/h7-9,16H,3-6,10-11,15H2,1-2H3. The van der Waals surface area contributed by atoms with Crippen LogP contribution in [0, 0.1) is 0 Å². The van der Waals surface area contributed by atoms with Gasteiger partial charge in [-0.15, -0.1) is 0 Å². The minimum Gasteiger partial charge on any atom is -0.491 e. The summed E-state index contributed by atoms with van der Waals surface area (Å²) in [5.74, 6) is 0.785. The van der Waals surface area contributed by atoms with E-state index in [-0.39, 0.29) is 0 Å². The molecule has 0 heterocycles. The molecule has 0 aliphatic rings. The summed E-state index contributed by atoms with van der Waals surface area (Å²) < 4.78 is 5.59. The molecular weight excluding hydrogens is 212 g/mol. The van der Waals surface area contributed by atoms with Gasteiger partial charge in [0.2, 0.25) is 0 Å². The molecule has 3 N–H and O–H groups in total. The summed E-state index contributed by atoms with van der Waals surface area (Å²) in [5, 5.41) is 3.36. The molecule has 0 radical (unpaired) electrons. The van der Waals surface area contributed by atoms with Gasteiger partial charge in [-0.2, -0.15) is 0 Å². The zero-order valence-corrected chi connectivity index (χ0v) is 11.0. The molecule has 0 aliphatic carbocycles.